The Bertz CT molecular complexity index is 718. The minimum Gasteiger partial charge on any atom is -0.435 e. The second-order valence-electron chi connectivity index (χ2n) is 4.87. The van der Waals surface area contributed by atoms with Crippen LogP contribution in [-0.4, -0.2) is 18.4 Å². The predicted octanol–water partition coefficient (Wildman–Crippen LogP) is 2.93. The first-order valence-electron chi connectivity index (χ1n) is 7.24. The Labute approximate surface area is 137 Å². The van der Waals surface area contributed by atoms with Crippen molar-refractivity contribution in [2.75, 3.05) is 0 Å². The van der Waals surface area contributed by atoms with Gasteiger partial charge in [-0.05, 0) is 42.3 Å². The fourth-order valence-electron chi connectivity index (χ4n) is 1.96. The van der Waals surface area contributed by atoms with Gasteiger partial charge in [-0.15, -0.1) is 0 Å². The zero-order valence-corrected chi connectivity index (χ0v) is 12.9. The molecule has 2 rings (SSSR count). The van der Waals surface area contributed by atoms with Gasteiger partial charge in [-0.2, -0.15) is 8.78 Å². The van der Waals surface area contributed by atoms with E-state index in [1.54, 1.807) is 12.1 Å². The summed E-state index contributed by atoms with van der Waals surface area (Å²) < 4.78 is 28.6. The Morgan fingerprint density at radius 3 is 2.21 bits per heavy atom. The second kappa shape index (κ2) is 8.05. The first kappa shape index (κ1) is 17.4. The van der Waals surface area contributed by atoms with Gasteiger partial charge < -0.3 is 4.74 Å². The number of halogens is 2. The first-order valence-corrected chi connectivity index (χ1v) is 7.24. The molecule has 0 spiro atoms. The average molecular weight is 334 g/mol. The van der Waals surface area contributed by atoms with E-state index in [1.807, 2.05) is 19.1 Å². The molecule has 126 valence electrons. The number of carbonyl (C=O) groups is 2. The zero-order valence-electron chi connectivity index (χ0n) is 12.9. The van der Waals surface area contributed by atoms with Crippen molar-refractivity contribution in [2.24, 2.45) is 0 Å². The molecule has 2 amide bonds. The molecule has 0 aromatic heterocycles. The van der Waals surface area contributed by atoms with E-state index in [4.69, 9.17) is 0 Å². The smallest absolute Gasteiger partial charge is 0.387 e. The lowest BCUT2D eigenvalue weighted by atomic mass is 10.1. The number of benzene rings is 2. The quantitative estimate of drug-likeness (QED) is 0.826. The van der Waals surface area contributed by atoms with E-state index in [0.717, 1.165) is 18.1 Å². The molecule has 5 nitrogen and oxygen atoms in total. The summed E-state index contributed by atoms with van der Waals surface area (Å²) in [5.74, 6) is -1.27. The SMILES string of the molecule is CCc1ccc(C(=O)NNC(=O)c2cccc(OC(F)F)c2)cc1. The van der Waals surface area contributed by atoms with Gasteiger partial charge in [0.05, 0.1) is 0 Å². The summed E-state index contributed by atoms with van der Waals surface area (Å²) in [5.41, 5.74) is 6.05. The molecule has 2 N–H and O–H groups in total. The van der Waals surface area contributed by atoms with Crippen LogP contribution in [0.2, 0.25) is 0 Å². The summed E-state index contributed by atoms with van der Waals surface area (Å²) >= 11 is 0. The van der Waals surface area contributed by atoms with E-state index in [2.05, 4.69) is 15.6 Å². The van der Waals surface area contributed by atoms with Crippen LogP contribution >= 0.6 is 0 Å². The Morgan fingerprint density at radius 2 is 1.62 bits per heavy atom. The number of nitrogens with one attached hydrogen (secondary N) is 2. The third kappa shape index (κ3) is 4.77. The molecule has 0 unspecified atom stereocenters. The van der Waals surface area contributed by atoms with Crippen molar-refractivity contribution in [1.29, 1.82) is 0 Å². The van der Waals surface area contributed by atoms with Gasteiger partial charge in [-0.25, -0.2) is 0 Å². The normalized spacial score (nSPS) is 10.3. The van der Waals surface area contributed by atoms with E-state index in [-0.39, 0.29) is 11.3 Å². The third-order valence-electron chi connectivity index (χ3n) is 3.24. The summed E-state index contributed by atoms with van der Waals surface area (Å²) in [6.07, 6.45) is 0.857. The first-order chi connectivity index (χ1) is 11.5. The van der Waals surface area contributed by atoms with Crippen LogP contribution in [0, 0.1) is 0 Å². The fraction of sp³-hybridized carbons (Fsp3) is 0.176. The maximum absolute atomic E-state index is 12.2. The lowest BCUT2D eigenvalue weighted by Crippen LogP contribution is -2.41. The minimum atomic E-state index is -2.98. The minimum absolute atomic E-state index is 0.0785. The Balaban J connectivity index is 1.95. The molecule has 0 atom stereocenters. The van der Waals surface area contributed by atoms with Gasteiger partial charge in [-0.3, -0.25) is 20.4 Å². The van der Waals surface area contributed by atoms with Crippen LogP contribution in [0.25, 0.3) is 0 Å². The van der Waals surface area contributed by atoms with Crippen molar-refractivity contribution in [3.8, 4) is 5.75 Å². The maximum Gasteiger partial charge on any atom is 0.387 e. The Hall–Kier alpha value is -2.96. The standard InChI is InChI=1S/C17H16F2N2O3/c1-2-11-6-8-12(9-7-11)15(22)20-21-16(23)13-4-3-5-14(10-13)24-17(18)19/h3-10,17H,2H2,1H3,(H,20,22)(H,21,23). The number of hydrogen-bond acceptors (Lipinski definition) is 3. The Kier molecular flexibility index (Phi) is 5.83. The van der Waals surface area contributed by atoms with Crippen molar-refractivity contribution in [2.45, 2.75) is 20.0 Å². The fourth-order valence-corrected chi connectivity index (χ4v) is 1.96. The highest BCUT2D eigenvalue weighted by Crippen LogP contribution is 2.15. The number of hydrazine groups is 1. The molecule has 2 aromatic carbocycles. The molecule has 7 heteroatoms. The molecule has 0 aliphatic rings. The number of alkyl halides is 2. The van der Waals surface area contributed by atoms with Crippen molar-refractivity contribution >= 4 is 11.8 Å². The lowest BCUT2D eigenvalue weighted by Gasteiger charge is -2.09. The van der Waals surface area contributed by atoms with E-state index >= 15 is 0 Å². The van der Waals surface area contributed by atoms with Crippen molar-refractivity contribution in [1.82, 2.24) is 10.9 Å². The van der Waals surface area contributed by atoms with Gasteiger partial charge >= 0.3 is 6.61 Å². The molecule has 0 saturated carbocycles. The Morgan fingerprint density at radius 1 is 1.00 bits per heavy atom. The molecule has 24 heavy (non-hydrogen) atoms. The molecule has 0 aliphatic heterocycles. The van der Waals surface area contributed by atoms with Crippen LogP contribution in [0.15, 0.2) is 48.5 Å². The summed E-state index contributed by atoms with van der Waals surface area (Å²) in [6.45, 7) is -0.977. The van der Waals surface area contributed by atoms with Gasteiger partial charge in [0.2, 0.25) is 0 Å². The molecular weight excluding hydrogens is 318 g/mol. The van der Waals surface area contributed by atoms with Crippen LogP contribution in [0.1, 0.15) is 33.2 Å². The van der Waals surface area contributed by atoms with Crippen LogP contribution in [0.3, 0.4) is 0 Å². The molecule has 0 aliphatic carbocycles. The number of amides is 2. The number of rotatable bonds is 5. The van der Waals surface area contributed by atoms with Gasteiger partial charge in [0.1, 0.15) is 5.75 Å². The third-order valence-corrected chi connectivity index (χ3v) is 3.24. The lowest BCUT2D eigenvalue weighted by molar-refractivity contribution is -0.0498. The largest absolute Gasteiger partial charge is 0.435 e. The zero-order chi connectivity index (χ0) is 17.5. The van der Waals surface area contributed by atoms with Gasteiger partial charge in [0.15, 0.2) is 0 Å². The molecule has 0 bridgehead atoms. The van der Waals surface area contributed by atoms with Gasteiger partial charge in [-0.1, -0.05) is 25.1 Å². The van der Waals surface area contributed by atoms with Crippen LogP contribution in [0.5, 0.6) is 5.75 Å². The summed E-state index contributed by atoms with van der Waals surface area (Å²) in [4.78, 5) is 23.9. The topological polar surface area (TPSA) is 67.4 Å². The molecule has 0 fully saturated rings. The number of aryl methyl sites for hydroxylation is 1. The highest BCUT2D eigenvalue weighted by Gasteiger charge is 2.11. The maximum atomic E-state index is 12.2. The summed E-state index contributed by atoms with van der Waals surface area (Å²) in [5, 5.41) is 0. The van der Waals surface area contributed by atoms with Crippen LogP contribution in [-0.2, 0) is 6.42 Å². The van der Waals surface area contributed by atoms with E-state index in [9.17, 15) is 18.4 Å². The summed E-state index contributed by atoms with van der Waals surface area (Å²) in [7, 11) is 0. The van der Waals surface area contributed by atoms with Crippen molar-refractivity contribution in [3.63, 3.8) is 0 Å². The summed E-state index contributed by atoms with van der Waals surface area (Å²) in [6, 6.07) is 12.2. The second-order valence-corrected chi connectivity index (χ2v) is 4.87. The molecule has 0 saturated heterocycles. The van der Waals surface area contributed by atoms with E-state index < -0.39 is 18.4 Å². The predicted molar refractivity (Wildman–Crippen MR) is 83.8 cm³/mol. The number of ether oxygens (including phenoxy) is 1. The highest BCUT2D eigenvalue weighted by atomic mass is 19.3. The molecule has 2 aromatic rings. The van der Waals surface area contributed by atoms with Crippen molar-refractivity contribution in [3.05, 3.63) is 65.2 Å². The van der Waals surface area contributed by atoms with Crippen molar-refractivity contribution < 1.29 is 23.1 Å². The van der Waals surface area contributed by atoms with Crippen LogP contribution < -0.4 is 15.6 Å². The molecular formula is C17H16F2N2O3. The number of hydrogen-bond donors (Lipinski definition) is 2. The number of carbonyl (C=O) groups excluding carboxylic acids is 2. The van der Waals surface area contributed by atoms with E-state index in [0.29, 0.717) is 5.56 Å². The van der Waals surface area contributed by atoms with Gasteiger partial charge in [0, 0.05) is 11.1 Å². The molecule has 0 heterocycles. The molecule has 0 radical (unpaired) electrons. The monoisotopic (exact) mass is 334 g/mol. The van der Waals surface area contributed by atoms with Gasteiger partial charge in [0.25, 0.3) is 11.8 Å². The van der Waals surface area contributed by atoms with Crippen LogP contribution in [0.4, 0.5) is 8.78 Å². The highest BCUT2D eigenvalue weighted by molar-refractivity contribution is 5.99. The van der Waals surface area contributed by atoms with E-state index in [1.165, 1.54) is 18.2 Å². The average Bonchev–Trinajstić information content (AvgIpc) is 2.59.